The van der Waals surface area contributed by atoms with Crippen LogP contribution in [0.25, 0.3) is 5.69 Å². The lowest BCUT2D eigenvalue weighted by atomic mass is 10.3. The second-order valence-electron chi connectivity index (χ2n) is 6.41. The fourth-order valence-electron chi connectivity index (χ4n) is 2.86. The Morgan fingerprint density at radius 2 is 1.77 bits per heavy atom. The maximum atomic E-state index is 5.95. The number of thiazole rings is 1. The maximum Gasteiger partial charge on any atom is 0.196 e. The molecule has 0 amide bonds. The molecule has 0 spiro atoms. The van der Waals surface area contributed by atoms with Crippen molar-refractivity contribution in [2.24, 2.45) is 0 Å². The van der Waals surface area contributed by atoms with Crippen LogP contribution in [-0.2, 0) is 18.8 Å². The van der Waals surface area contributed by atoms with Gasteiger partial charge >= 0.3 is 0 Å². The van der Waals surface area contributed by atoms with Gasteiger partial charge in [0.2, 0.25) is 0 Å². The van der Waals surface area contributed by atoms with E-state index in [0.717, 1.165) is 51.0 Å². The first kappa shape index (κ1) is 20.4. The molecule has 0 fully saturated rings. The van der Waals surface area contributed by atoms with Crippen LogP contribution in [0.5, 0.6) is 11.5 Å². The van der Waals surface area contributed by atoms with Gasteiger partial charge in [-0.25, -0.2) is 4.98 Å². The summed E-state index contributed by atoms with van der Waals surface area (Å²) in [5, 5.41) is 12.9. The summed E-state index contributed by atoms with van der Waals surface area (Å²) in [5.74, 6) is 3.04. The Balaban J connectivity index is 1.53. The number of para-hydroxylation sites is 1. The largest absolute Gasteiger partial charge is 0.497 e. The average molecular weight is 439 g/mol. The predicted molar refractivity (Wildman–Crippen MR) is 120 cm³/mol. The molecule has 30 heavy (non-hydrogen) atoms. The summed E-state index contributed by atoms with van der Waals surface area (Å²) in [7, 11) is 1.64. The molecule has 8 heteroatoms. The molecule has 4 aromatic rings. The second kappa shape index (κ2) is 9.77. The van der Waals surface area contributed by atoms with E-state index < -0.39 is 0 Å². The van der Waals surface area contributed by atoms with Gasteiger partial charge in [-0.15, -0.1) is 21.5 Å². The van der Waals surface area contributed by atoms with Gasteiger partial charge < -0.3 is 9.47 Å². The van der Waals surface area contributed by atoms with Crippen molar-refractivity contribution >= 4 is 23.1 Å². The Hall–Kier alpha value is -2.84. The van der Waals surface area contributed by atoms with Gasteiger partial charge in [-0.05, 0) is 42.8 Å². The van der Waals surface area contributed by atoms with Crippen molar-refractivity contribution in [2.45, 2.75) is 30.9 Å². The summed E-state index contributed by atoms with van der Waals surface area (Å²) in [4.78, 5) is 4.65. The Kier molecular flexibility index (Phi) is 6.66. The average Bonchev–Trinajstić information content (AvgIpc) is 3.43. The van der Waals surface area contributed by atoms with Gasteiger partial charge in [0.25, 0.3) is 0 Å². The zero-order valence-corrected chi connectivity index (χ0v) is 18.4. The summed E-state index contributed by atoms with van der Waals surface area (Å²) >= 11 is 3.33. The van der Waals surface area contributed by atoms with Crippen molar-refractivity contribution < 1.29 is 9.47 Å². The first-order valence-corrected chi connectivity index (χ1v) is 11.5. The van der Waals surface area contributed by atoms with E-state index in [4.69, 9.17) is 9.47 Å². The fourth-order valence-corrected chi connectivity index (χ4v) is 4.57. The van der Waals surface area contributed by atoms with Crippen LogP contribution in [0, 0.1) is 0 Å². The van der Waals surface area contributed by atoms with Crippen molar-refractivity contribution in [3.63, 3.8) is 0 Å². The number of methoxy groups -OCH3 is 1. The summed E-state index contributed by atoms with van der Waals surface area (Å²) in [6.45, 7) is 2.43. The van der Waals surface area contributed by atoms with E-state index in [-0.39, 0.29) is 0 Å². The summed E-state index contributed by atoms with van der Waals surface area (Å²) in [6.07, 6.45) is 0.961. The van der Waals surface area contributed by atoms with Crippen LogP contribution in [0.4, 0.5) is 0 Å². The number of ether oxygens (including phenoxy) is 2. The number of benzene rings is 2. The van der Waals surface area contributed by atoms with Crippen molar-refractivity contribution in [1.82, 2.24) is 19.7 Å². The van der Waals surface area contributed by atoms with Crippen LogP contribution in [0.3, 0.4) is 0 Å². The van der Waals surface area contributed by atoms with Gasteiger partial charge in [0.1, 0.15) is 18.1 Å². The van der Waals surface area contributed by atoms with Gasteiger partial charge in [-0.2, -0.15) is 0 Å². The zero-order valence-electron chi connectivity index (χ0n) is 16.8. The third kappa shape index (κ3) is 4.83. The van der Waals surface area contributed by atoms with Gasteiger partial charge in [-0.1, -0.05) is 36.9 Å². The van der Waals surface area contributed by atoms with Crippen LogP contribution in [0.15, 0.2) is 65.1 Å². The topological polar surface area (TPSA) is 62.1 Å². The number of aromatic nitrogens is 4. The lowest BCUT2D eigenvalue weighted by molar-refractivity contribution is 0.292. The van der Waals surface area contributed by atoms with E-state index >= 15 is 0 Å². The molecule has 0 saturated heterocycles. The highest BCUT2D eigenvalue weighted by atomic mass is 32.2. The molecule has 0 N–H and O–H groups in total. The fraction of sp³-hybridized carbons (Fsp3) is 0.227. The van der Waals surface area contributed by atoms with E-state index in [1.807, 2.05) is 59.2 Å². The molecule has 0 unspecified atom stereocenters. The Morgan fingerprint density at radius 3 is 2.47 bits per heavy atom. The minimum Gasteiger partial charge on any atom is -0.497 e. The molecular weight excluding hydrogens is 416 g/mol. The number of rotatable bonds is 9. The van der Waals surface area contributed by atoms with Crippen LogP contribution < -0.4 is 9.47 Å². The minimum absolute atomic E-state index is 0.311. The monoisotopic (exact) mass is 438 g/mol. The summed E-state index contributed by atoms with van der Waals surface area (Å²) in [6, 6.07) is 17.6. The highest BCUT2D eigenvalue weighted by Gasteiger charge is 2.16. The summed E-state index contributed by atoms with van der Waals surface area (Å²) < 4.78 is 13.2. The normalized spacial score (nSPS) is 10.9. The molecule has 2 aromatic carbocycles. The smallest absolute Gasteiger partial charge is 0.196 e. The molecule has 0 aliphatic carbocycles. The first-order chi connectivity index (χ1) is 14.8. The van der Waals surface area contributed by atoms with E-state index in [0.29, 0.717) is 6.61 Å². The van der Waals surface area contributed by atoms with Crippen LogP contribution >= 0.6 is 23.1 Å². The van der Waals surface area contributed by atoms with Crippen LogP contribution in [0.1, 0.15) is 23.4 Å². The molecule has 2 heterocycles. The number of hydrogen-bond acceptors (Lipinski definition) is 7. The molecule has 2 aromatic heterocycles. The van der Waals surface area contributed by atoms with E-state index in [9.17, 15) is 0 Å². The molecule has 0 aliphatic rings. The maximum absolute atomic E-state index is 5.95. The quantitative estimate of drug-likeness (QED) is 0.336. The molecule has 0 aliphatic heterocycles. The third-order valence-corrected chi connectivity index (χ3v) is 6.40. The van der Waals surface area contributed by atoms with Crippen LogP contribution in [-0.4, -0.2) is 26.9 Å². The first-order valence-electron chi connectivity index (χ1n) is 9.59. The van der Waals surface area contributed by atoms with Crippen molar-refractivity contribution in [3.05, 3.63) is 76.5 Å². The molecule has 0 atom stereocenters. The van der Waals surface area contributed by atoms with E-state index in [1.165, 1.54) is 0 Å². The highest BCUT2D eigenvalue weighted by molar-refractivity contribution is 7.98. The SMILES string of the molecule is CCc1nc(CSc2nnc(COc3ccc(OC)cc3)n2-c2ccccc2)cs1. The number of hydrogen-bond donors (Lipinski definition) is 0. The van der Waals surface area contributed by atoms with E-state index in [1.54, 1.807) is 30.2 Å². The molecule has 4 rings (SSSR count). The minimum atomic E-state index is 0.311. The lowest BCUT2D eigenvalue weighted by Crippen LogP contribution is -2.06. The van der Waals surface area contributed by atoms with Gasteiger partial charge in [0.05, 0.1) is 17.8 Å². The molecule has 0 radical (unpaired) electrons. The van der Waals surface area contributed by atoms with Gasteiger partial charge in [-0.3, -0.25) is 4.57 Å². The number of nitrogens with zero attached hydrogens (tertiary/aromatic N) is 4. The van der Waals surface area contributed by atoms with Crippen molar-refractivity contribution in [3.8, 4) is 17.2 Å². The Morgan fingerprint density at radius 1 is 1.00 bits per heavy atom. The molecular formula is C22H22N4O2S2. The van der Waals surface area contributed by atoms with E-state index in [2.05, 4.69) is 27.5 Å². The predicted octanol–water partition coefficient (Wildman–Crippen LogP) is 5.17. The number of aryl methyl sites for hydroxylation is 1. The second-order valence-corrected chi connectivity index (χ2v) is 8.29. The highest BCUT2D eigenvalue weighted by Crippen LogP contribution is 2.27. The Labute approximate surface area is 183 Å². The standard InChI is InChI=1S/C22H22N4O2S2/c1-3-21-23-16(14-29-21)15-30-22-25-24-20(26(22)17-7-5-4-6-8-17)13-28-19-11-9-18(27-2)10-12-19/h4-12,14H,3,13,15H2,1-2H3. The molecule has 154 valence electrons. The third-order valence-electron chi connectivity index (χ3n) is 4.39. The lowest BCUT2D eigenvalue weighted by Gasteiger charge is -2.11. The van der Waals surface area contributed by atoms with Gasteiger partial charge in [0.15, 0.2) is 11.0 Å². The molecule has 0 bridgehead atoms. The Bertz CT molecular complexity index is 1080. The molecule has 6 nitrogen and oxygen atoms in total. The van der Waals surface area contributed by atoms with Crippen LogP contribution in [0.2, 0.25) is 0 Å². The number of thioether (sulfide) groups is 1. The molecule has 0 saturated carbocycles. The summed E-state index contributed by atoms with van der Waals surface area (Å²) in [5.41, 5.74) is 2.08. The van der Waals surface area contributed by atoms with Crippen molar-refractivity contribution in [1.29, 1.82) is 0 Å². The van der Waals surface area contributed by atoms with Gasteiger partial charge in [0, 0.05) is 16.8 Å². The van der Waals surface area contributed by atoms with Crippen molar-refractivity contribution in [2.75, 3.05) is 7.11 Å². The zero-order chi connectivity index (χ0) is 20.8.